The Hall–Kier alpha value is -2.03. The summed E-state index contributed by atoms with van der Waals surface area (Å²) >= 11 is 0. The van der Waals surface area contributed by atoms with Crippen LogP contribution in [0, 0.1) is 0 Å². The fourth-order valence-electron chi connectivity index (χ4n) is 1.42. The molecule has 92 valence electrons. The molecule has 2 aromatic rings. The summed E-state index contributed by atoms with van der Waals surface area (Å²) in [5.41, 5.74) is 5.52. The molecule has 0 aromatic carbocycles. The van der Waals surface area contributed by atoms with Crippen LogP contribution in [-0.2, 0) is 24.1 Å². The number of sulfonamides is 1. The Morgan fingerprint density at radius 2 is 2.12 bits per heavy atom. The molecule has 0 spiro atoms. The number of nitrogen functional groups attached to an aromatic ring is 1. The van der Waals surface area contributed by atoms with Crippen LogP contribution in [0.4, 0.5) is 11.6 Å². The minimum Gasteiger partial charge on any atom is -0.381 e. The molecule has 0 amide bonds. The van der Waals surface area contributed by atoms with E-state index in [0.29, 0.717) is 5.82 Å². The van der Waals surface area contributed by atoms with E-state index >= 15 is 0 Å². The lowest BCUT2D eigenvalue weighted by Crippen LogP contribution is -2.19. The summed E-state index contributed by atoms with van der Waals surface area (Å²) in [6, 6.07) is 1.55. The standard InChI is InChI=1S/C8H12N6O2S/c1-13-5-10-7(9)8(13)17(15,16)12-6-3-4-11-14(6)2/h3-5,12H,9H2,1-2H3. The molecule has 9 heteroatoms. The summed E-state index contributed by atoms with van der Waals surface area (Å²) in [5, 5.41) is 3.79. The molecule has 0 unspecified atom stereocenters. The minimum absolute atomic E-state index is 0.0397. The molecule has 3 N–H and O–H groups in total. The Kier molecular flexibility index (Phi) is 2.54. The first-order valence-electron chi connectivity index (χ1n) is 4.69. The van der Waals surface area contributed by atoms with Gasteiger partial charge in [-0.2, -0.15) is 13.5 Å². The van der Waals surface area contributed by atoms with Gasteiger partial charge in [-0.1, -0.05) is 0 Å². The molecule has 0 aliphatic rings. The van der Waals surface area contributed by atoms with Crippen molar-refractivity contribution in [1.29, 1.82) is 0 Å². The van der Waals surface area contributed by atoms with Crippen molar-refractivity contribution in [3.63, 3.8) is 0 Å². The Balaban J connectivity index is 2.42. The zero-order chi connectivity index (χ0) is 12.6. The molecular formula is C8H12N6O2S. The van der Waals surface area contributed by atoms with Crippen LogP contribution in [-0.4, -0.2) is 27.7 Å². The van der Waals surface area contributed by atoms with Crippen molar-refractivity contribution in [3.05, 3.63) is 18.6 Å². The van der Waals surface area contributed by atoms with Crippen LogP contribution >= 0.6 is 0 Å². The average Bonchev–Trinajstić information content (AvgIpc) is 2.74. The predicted octanol–water partition coefficient (Wildman–Crippen LogP) is -0.463. The zero-order valence-electron chi connectivity index (χ0n) is 9.32. The zero-order valence-corrected chi connectivity index (χ0v) is 10.1. The van der Waals surface area contributed by atoms with Crippen molar-refractivity contribution in [1.82, 2.24) is 19.3 Å². The minimum atomic E-state index is -3.76. The summed E-state index contributed by atoms with van der Waals surface area (Å²) in [4.78, 5) is 3.73. The smallest absolute Gasteiger partial charge is 0.282 e. The lowest BCUT2D eigenvalue weighted by atomic mass is 10.7. The molecule has 0 radical (unpaired) electrons. The van der Waals surface area contributed by atoms with Gasteiger partial charge in [0.25, 0.3) is 10.0 Å². The molecule has 0 atom stereocenters. The number of imidazole rings is 1. The highest BCUT2D eigenvalue weighted by Gasteiger charge is 2.23. The third-order valence-corrected chi connectivity index (χ3v) is 3.71. The van der Waals surface area contributed by atoms with E-state index < -0.39 is 10.0 Å². The van der Waals surface area contributed by atoms with Gasteiger partial charge in [0.05, 0.1) is 12.5 Å². The van der Waals surface area contributed by atoms with Crippen LogP contribution in [0.3, 0.4) is 0 Å². The number of nitrogens with zero attached hydrogens (tertiary/aromatic N) is 4. The summed E-state index contributed by atoms with van der Waals surface area (Å²) in [6.07, 6.45) is 2.83. The van der Waals surface area contributed by atoms with Gasteiger partial charge < -0.3 is 10.3 Å². The van der Waals surface area contributed by atoms with E-state index in [1.165, 1.54) is 21.8 Å². The third-order valence-electron chi connectivity index (χ3n) is 2.22. The molecule has 17 heavy (non-hydrogen) atoms. The molecule has 0 aliphatic heterocycles. The molecule has 0 saturated heterocycles. The van der Waals surface area contributed by atoms with Crippen LogP contribution in [0.5, 0.6) is 0 Å². The van der Waals surface area contributed by atoms with Gasteiger partial charge in [-0.05, 0) is 0 Å². The van der Waals surface area contributed by atoms with Crippen LogP contribution < -0.4 is 10.5 Å². The Bertz CT molecular complexity index is 621. The fraction of sp³-hybridized carbons (Fsp3) is 0.250. The number of rotatable bonds is 3. The van der Waals surface area contributed by atoms with Gasteiger partial charge in [-0.15, -0.1) is 0 Å². The van der Waals surface area contributed by atoms with E-state index in [-0.39, 0.29) is 10.8 Å². The van der Waals surface area contributed by atoms with E-state index in [1.54, 1.807) is 20.2 Å². The van der Waals surface area contributed by atoms with Crippen molar-refractivity contribution in [2.45, 2.75) is 5.03 Å². The number of anilines is 2. The number of hydrogen-bond donors (Lipinski definition) is 2. The monoisotopic (exact) mass is 256 g/mol. The largest absolute Gasteiger partial charge is 0.381 e. The lowest BCUT2D eigenvalue weighted by Gasteiger charge is -2.08. The van der Waals surface area contributed by atoms with Crippen molar-refractivity contribution in [3.8, 4) is 0 Å². The van der Waals surface area contributed by atoms with Gasteiger partial charge in [0.2, 0.25) is 0 Å². The highest BCUT2D eigenvalue weighted by molar-refractivity contribution is 7.92. The summed E-state index contributed by atoms with van der Waals surface area (Å²) in [6.45, 7) is 0. The first-order chi connectivity index (χ1) is 7.92. The second-order valence-electron chi connectivity index (χ2n) is 3.49. The first-order valence-corrected chi connectivity index (χ1v) is 6.18. The molecule has 2 aromatic heterocycles. The van der Waals surface area contributed by atoms with Gasteiger partial charge in [-0.3, -0.25) is 9.40 Å². The van der Waals surface area contributed by atoms with E-state index in [9.17, 15) is 8.42 Å². The topological polar surface area (TPSA) is 108 Å². The summed E-state index contributed by atoms with van der Waals surface area (Å²) in [5.74, 6) is 0.313. The van der Waals surface area contributed by atoms with E-state index in [2.05, 4.69) is 14.8 Å². The van der Waals surface area contributed by atoms with Crippen LogP contribution in [0.1, 0.15) is 0 Å². The predicted molar refractivity (Wildman–Crippen MR) is 61.6 cm³/mol. The lowest BCUT2D eigenvalue weighted by molar-refractivity contribution is 0.591. The van der Waals surface area contributed by atoms with Gasteiger partial charge in [-0.25, -0.2) is 4.98 Å². The normalized spacial score (nSPS) is 11.6. The highest BCUT2D eigenvalue weighted by Crippen LogP contribution is 2.19. The molecule has 0 bridgehead atoms. The SMILES string of the molecule is Cn1cnc(N)c1S(=O)(=O)Nc1ccnn1C. The maximum Gasteiger partial charge on any atom is 0.282 e. The van der Waals surface area contributed by atoms with Crippen molar-refractivity contribution in [2.24, 2.45) is 14.1 Å². The fourth-order valence-corrected chi connectivity index (χ4v) is 2.75. The number of nitrogens with two attached hydrogens (primary N) is 1. The Morgan fingerprint density at radius 3 is 2.59 bits per heavy atom. The van der Waals surface area contributed by atoms with Crippen molar-refractivity contribution < 1.29 is 8.42 Å². The third kappa shape index (κ3) is 1.96. The number of aromatic nitrogens is 4. The summed E-state index contributed by atoms with van der Waals surface area (Å²) in [7, 11) is -0.573. The Labute approximate surface area is 98.1 Å². The van der Waals surface area contributed by atoms with Gasteiger partial charge in [0.1, 0.15) is 5.82 Å². The van der Waals surface area contributed by atoms with E-state index in [1.807, 2.05) is 0 Å². The molecule has 2 heterocycles. The van der Waals surface area contributed by atoms with E-state index in [0.717, 1.165) is 0 Å². The molecule has 8 nitrogen and oxygen atoms in total. The second-order valence-corrected chi connectivity index (χ2v) is 5.09. The first kappa shape index (κ1) is 11.5. The van der Waals surface area contributed by atoms with Crippen LogP contribution in [0.25, 0.3) is 0 Å². The van der Waals surface area contributed by atoms with Gasteiger partial charge >= 0.3 is 0 Å². The quantitative estimate of drug-likeness (QED) is 0.772. The van der Waals surface area contributed by atoms with Crippen LogP contribution in [0.15, 0.2) is 23.6 Å². The highest BCUT2D eigenvalue weighted by atomic mass is 32.2. The molecule has 0 saturated carbocycles. The second kappa shape index (κ2) is 3.77. The van der Waals surface area contributed by atoms with Gasteiger partial charge in [0, 0.05) is 20.2 Å². The molecular weight excluding hydrogens is 244 g/mol. The van der Waals surface area contributed by atoms with Crippen molar-refractivity contribution in [2.75, 3.05) is 10.5 Å². The van der Waals surface area contributed by atoms with Crippen LogP contribution in [0.2, 0.25) is 0 Å². The van der Waals surface area contributed by atoms with Crippen molar-refractivity contribution >= 4 is 21.7 Å². The van der Waals surface area contributed by atoms with E-state index in [4.69, 9.17) is 5.73 Å². The van der Waals surface area contributed by atoms with Gasteiger partial charge in [0.15, 0.2) is 10.8 Å². The molecule has 0 aliphatic carbocycles. The summed E-state index contributed by atoms with van der Waals surface area (Å²) < 4.78 is 29.3. The maximum absolute atomic E-state index is 12.1. The maximum atomic E-state index is 12.1. The molecule has 0 fully saturated rings. The Morgan fingerprint density at radius 1 is 1.41 bits per heavy atom. The number of aryl methyl sites for hydroxylation is 2. The number of nitrogens with one attached hydrogen (secondary N) is 1. The molecule has 2 rings (SSSR count). The average molecular weight is 256 g/mol. The number of hydrogen-bond acceptors (Lipinski definition) is 5.